The van der Waals surface area contributed by atoms with Gasteiger partial charge in [-0.25, -0.2) is 0 Å². The molecule has 0 aliphatic heterocycles. The summed E-state index contributed by atoms with van der Waals surface area (Å²) in [6.07, 6.45) is 2.41. The van der Waals surface area contributed by atoms with Crippen molar-refractivity contribution in [3.63, 3.8) is 0 Å². The van der Waals surface area contributed by atoms with Crippen molar-refractivity contribution in [2.24, 2.45) is 5.92 Å². The minimum absolute atomic E-state index is 0.121. The van der Waals surface area contributed by atoms with E-state index in [4.69, 9.17) is 0 Å². The molecule has 1 fully saturated rings. The molecule has 4 nitrogen and oxygen atoms in total. The van der Waals surface area contributed by atoms with Crippen LogP contribution in [0.1, 0.15) is 53.9 Å². The third-order valence-corrected chi connectivity index (χ3v) is 4.00. The number of allylic oxidation sites excluding steroid dienone is 2. The maximum absolute atomic E-state index is 12.5. The summed E-state index contributed by atoms with van der Waals surface area (Å²) in [5.74, 6) is 0.540. The van der Waals surface area contributed by atoms with E-state index in [1.54, 1.807) is 0 Å². The van der Waals surface area contributed by atoms with Gasteiger partial charge in [-0.3, -0.25) is 9.59 Å². The van der Waals surface area contributed by atoms with Crippen molar-refractivity contribution >= 4 is 11.7 Å². The van der Waals surface area contributed by atoms with Crippen molar-refractivity contribution in [2.75, 3.05) is 13.1 Å². The second kappa shape index (κ2) is 7.46. The minimum atomic E-state index is -0.254. The Morgan fingerprint density at radius 1 is 1.25 bits per heavy atom. The number of hydrogen-bond acceptors (Lipinski definition) is 3. The minimum Gasteiger partial charge on any atom is -0.377 e. The van der Waals surface area contributed by atoms with Gasteiger partial charge in [0.15, 0.2) is 5.78 Å². The highest BCUT2D eigenvalue weighted by atomic mass is 16.2. The van der Waals surface area contributed by atoms with Crippen molar-refractivity contribution in [1.29, 1.82) is 0 Å². The molecule has 114 valence electrons. The van der Waals surface area contributed by atoms with E-state index in [-0.39, 0.29) is 23.7 Å². The van der Waals surface area contributed by atoms with Crippen LogP contribution < -0.4 is 5.32 Å². The highest BCUT2D eigenvalue weighted by molar-refractivity contribution is 5.98. The van der Waals surface area contributed by atoms with E-state index in [1.807, 2.05) is 39.5 Å². The molecule has 1 unspecified atom stereocenters. The van der Waals surface area contributed by atoms with E-state index in [0.29, 0.717) is 6.42 Å². The number of nitrogens with one attached hydrogen (secondary N) is 1. The molecule has 0 heterocycles. The van der Waals surface area contributed by atoms with E-state index in [0.717, 1.165) is 37.2 Å². The molecule has 0 aromatic carbocycles. The molecule has 4 heteroatoms. The van der Waals surface area contributed by atoms with Crippen LogP contribution in [0.3, 0.4) is 0 Å². The van der Waals surface area contributed by atoms with Gasteiger partial charge < -0.3 is 10.2 Å². The Labute approximate surface area is 122 Å². The second-order valence-electron chi connectivity index (χ2n) is 5.76. The maximum atomic E-state index is 12.5. The number of ketones is 1. The van der Waals surface area contributed by atoms with Crippen molar-refractivity contribution < 1.29 is 9.59 Å². The van der Waals surface area contributed by atoms with Gasteiger partial charge in [-0.1, -0.05) is 13.8 Å². The van der Waals surface area contributed by atoms with Crippen LogP contribution >= 0.6 is 0 Å². The molecule has 0 saturated heterocycles. The fourth-order valence-electron chi connectivity index (χ4n) is 2.68. The molecule has 1 atom stereocenters. The SMILES string of the molecule is CCN(CC)C(=O)C(N/C(C)=C1/CCCC1=O)C(C)C. The summed E-state index contributed by atoms with van der Waals surface area (Å²) in [6.45, 7) is 11.4. The summed E-state index contributed by atoms with van der Waals surface area (Å²) in [7, 11) is 0. The van der Waals surface area contributed by atoms with Crippen LogP contribution in [-0.4, -0.2) is 35.7 Å². The maximum Gasteiger partial charge on any atom is 0.245 e. The van der Waals surface area contributed by atoms with Gasteiger partial charge >= 0.3 is 0 Å². The second-order valence-corrected chi connectivity index (χ2v) is 5.76. The van der Waals surface area contributed by atoms with Gasteiger partial charge in [-0.2, -0.15) is 0 Å². The lowest BCUT2D eigenvalue weighted by Gasteiger charge is -2.29. The predicted octanol–water partition coefficient (Wildman–Crippen LogP) is 2.50. The summed E-state index contributed by atoms with van der Waals surface area (Å²) in [6, 6.07) is -0.254. The van der Waals surface area contributed by atoms with E-state index in [1.165, 1.54) is 0 Å². The number of carbonyl (C=O) groups is 2. The van der Waals surface area contributed by atoms with Crippen LogP contribution in [0.4, 0.5) is 0 Å². The van der Waals surface area contributed by atoms with Crippen LogP contribution in [-0.2, 0) is 9.59 Å². The van der Waals surface area contributed by atoms with Gasteiger partial charge in [0, 0.05) is 30.8 Å². The van der Waals surface area contributed by atoms with Gasteiger partial charge in [-0.05, 0) is 39.5 Å². The molecule has 0 aromatic rings. The average molecular weight is 280 g/mol. The molecule has 20 heavy (non-hydrogen) atoms. The van der Waals surface area contributed by atoms with E-state index in [2.05, 4.69) is 5.32 Å². The quantitative estimate of drug-likeness (QED) is 0.761. The van der Waals surface area contributed by atoms with Crippen molar-refractivity contribution in [3.05, 3.63) is 11.3 Å². The highest BCUT2D eigenvalue weighted by Gasteiger charge is 2.27. The zero-order valence-corrected chi connectivity index (χ0v) is 13.5. The Morgan fingerprint density at radius 3 is 2.25 bits per heavy atom. The molecule has 1 amide bonds. The topological polar surface area (TPSA) is 49.4 Å². The molecule has 1 rings (SSSR count). The first kappa shape index (κ1) is 16.7. The Bertz CT molecular complexity index is 395. The zero-order valence-electron chi connectivity index (χ0n) is 13.5. The molecule has 0 bridgehead atoms. The Morgan fingerprint density at radius 2 is 1.85 bits per heavy atom. The lowest BCUT2D eigenvalue weighted by atomic mass is 10.0. The summed E-state index contributed by atoms with van der Waals surface area (Å²) in [5.41, 5.74) is 1.76. The van der Waals surface area contributed by atoms with Crippen LogP contribution in [0.2, 0.25) is 0 Å². The van der Waals surface area contributed by atoms with Crippen LogP contribution in [0.25, 0.3) is 0 Å². The average Bonchev–Trinajstić information content (AvgIpc) is 2.82. The lowest BCUT2D eigenvalue weighted by molar-refractivity contribution is -0.134. The smallest absolute Gasteiger partial charge is 0.245 e. The number of amides is 1. The van der Waals surface area contributed by atoms with Gasteiger partial charge in [0.25, 0.3) is 0 Å². The van der Waals surface area contributed by atoms with Gasteiger partial charge in [0.2, 0.25) is 5.91 Å². The van der Waals surface area contributed by atoms with Gasteiger partial charge in [0.05, 0.1) is 0 Å². The molecule has 1 saturated carbocycles. The van der Waals surface area contributed by atoms with E-state index in [9.17, 15) is 9.59 Å². The molecular formula is C16H28N2O2. The largest absolute Gasteiger partial charge is 0.377 e. The normalized spacial score (nSPS) is 19.2. The van der Waals surface area contributed by atoms with Crippen molar-refractivity contribution in [2.45, 2.75) is 59.9 Å². The lowest BCUT2D eigenvalue weighted by Crippen LogP contribution is -2.48. The first-order valence-corrected chi connectivity index (χ1v) is 7.70. The first-order valence-electron chi connectivity index (χ1n) is 7.70. The summed E-state index contributed by atoms with van der Waals surface area (Å²) in [5, 5.41) is 3.31. The summed E-state index contributed by atoms with van der Waals surface area (Å²) < 4.78 is 0. The summed E-state index contributed by atoms with van der Waals surface area (Å²) >= 11 is 0. The number of nitrogens with zero attached hydrogens (tertiary/aromatic N) is 1. The monoisotopic (exact) mass is 280 g/mol. The van der Waals surface area contributed by atoms with E-state index >= 15 is 0 Å². The standard InChI is InChI=1S/C16H28N2O2/c1-6-18(7-2)16(20)15(11(3)4)17-12(5)13-9-8-10-14(13)19/h11,15,17H,6-10H2,1-5H3/b13-12-. The van der Waals surface area contributed by atoms with Crippen LogP contribution in [0.5, 0.6) is 0 Å². The first-order chi connectivity index (χ1) is 9.42. The van der Waals surface area contributed by atoms with Gasteiger partial charge in [-0.15, -0.1) is 0 Å². The Hall–Kier alpha value is -1.32. The van der Waals surface area contributed by atoms with Gasteiger partial charge in [0.1, 0.15) is 6.04 Å². The van der Waals surface area contributed by atoms with Crippen molar-refractivity contribution in [3.8, 4) is 0 Å². The fraction of sp³-hybridized carbons (Fsp3) is 0.750. The molecule has 0 aromatic heterocycles. The molecule has 0 radical (unpaired) electrons. The van der Waals surface area contributed by atoms with Crippen LogP contribution in [0, 0.1) is 5.92 Å². The van der Waals surface area contributed by atoms with Crippen molar-refractivity contribution in [1.82, 2.24) is 10.2 Å². The molecule has 1 aliphatic rings. The zero-order chi connectivity index (χ0) is 15.3. The van der Waals surface area contributed by atoms with Crippen LogP contribution in [0.15, 0.2) is 11.3 Å². The third-order valence-electron chi connectivity index (χ3n) is 4.00. The molecule has 1 N–H and O–H groups in total. The number of hydrogen-bond donors (Lipinski definition) is 1. The number of carbonyl (C=O) groups excluding carboxylic acids is 2. The Kier molecular flexibility index (Phi) is 6.24. The Balaban J connectivity index is 2.88. The number of likely N-dealkylation sites (N-methyl/N-ethyl adjacent to an activating group) is 1. The number of Topliss-reactive ketones (excluding diaryl/α,β-unsaturated/α-hetero) is 1. The number of rotatable bonds is 6. The van der Waals surface area contributed by atoms with E-state index < -0.39 is 0 Å². The molecule has 1 aliphatic carbocycles. The predicted molar refractivity (Wildman–Crippen MR) is 81.2 cm³/mol. The highest BCUT2D eigenvalue weighted by Crippen LogP contribution is 2.23. The third kappa shape index (κ3) is 3.84. The summed E-state index contributed by atoms with van der Waals surface area (Å²) in [4.78, 5) is 26.2. The molecule has 0 spiro atoms. The molecular weight excluding hydrogens is 252 g/mol. The fourth-order valence-corrected chi connectivity index (χ4v) is 2.68.